The smallest absolute Gasteiger partial charge is 0.305 e. The second-order valence-electron chi connectivity index (χ2n) is 18.7. The van der Waals surface area contributed by atoms with E-state index in [-0.39, 0.29) is 29.5 Å². The largest absolute Gasteiger partial charge is 0.481 e. The van der Waals surface area contributed by atoms with Gasteiger partial charge in [-0.25, -0.2) is 0 Å². The molecule has 64 heavy (non-hydrogen) atoms. The molecule has 7 rings (SSSR count). The van der Waals surface area contributed by atoms with Gasteiger partial charge in [0.05, 0.1) is 25.2 Å². The van der Waals surface area contributed by atoms with E-state index in [1.807, 2.05) is 42.5 Å². The van der Waals surface area contributed by atoms with Gasteiger partial charge >= 0.3 is 5.97 Å². The van der Waals surface area contributed by atoms with Gasteiger partial charge in [-0.15, -0.1) is 0 Å². The predicted molar refractivity (Wildman–Crippen MR) is 267 cm³/mol. The first-order valence-electron chi connectivity index (χ1n) is 22.4. The lowest BCUT2D eigenvalue weighted by Crippen LogP contribution is -2.69. The number of hydrogen-bond donors (Lipinski definition) is 1. The van der Waals surface area contributed by atoms with Crippen LogP contribution in [-0.2, 0) is 24.0 Å². The Morgan fingerprint density at radius 1 is 0.438 bits per heavy atom. The fourth-order valence-corrected chi connectivity index (χ4v) is 19.1. The van der Waals surface area contributed by atoms with Gasteiger partial charge in [-0.3, -0.25) is 4.79 Å². The van der Waals surface area contributed by atoms with E-state index in [2.05, 4.69) is 211 Å². The first-order chi connectivity index (χ1) is 30.8. The van der Waals surface area contributed by atoms with Gasteiger partial charge in [-0.2, -0.15) is 0 Å². The number of carbonyl (C=O) groups is 1. The summed E-state index contributed by atoms with van der Waals surface area (Å²) in [5.41, 5.74) is 1.88. The molecule has 328 valence electrons. The van der Waals surface area contributed by atoms with Crippen LogP contribution >= 0.6 is 0 Å². The van der Waals surface area contributed by atoms with Gasteiger partial charge in [-0.05, 0) is 47.5 Å². The highest BCUT2D eigenvalue weighted by Crippen LogP contribution is 2.44. The fraction of sp³-hybridized carbons (Fsp3) is 0.246. The SMILES string of the molecule is CC(C)(C)[Si](O[C@H](COC(c1ccccc1)(c1ccccc1)c1ccccc1)C[C@H](CC(=O)O)O[Si](c1ccccc1)(c1ccccc1)C(C)(C)C)(c1ccccc1)c1ccccc1. The monoisotopic (exact) mass is 882 g/mol. The Balaban J connectivity index is 1.45. The van der Waals surface area contributed by atoms with Crippen molar-refractivity contribution in [2.45, 2.75) is 82.3 Å². The molecule has 5 nitrogen and oxygen atoms in total. The maximum absolute atomic E-state index is 13.2. The van der Waals surface area contributed by atoms with Crippen molar-refractivity contribution in [2.75, 3.05) is 6.61 Å². The van der Waals surface area contributed by atoms with Crippen molar-refractivity contribution in [3.63, 3.8) is 0 Å². The molecule has 0 aliphatic heterocycles. The first-order valence-corrected chi connectivity index (χ1v) is 26.2. The first kappa shape index (κ1) is 46.3. The standard InChI is InChI=1S/C57H62O5Si2/c1-55(2,3)63(50-34-20-10-21-35-50,51-36-22-11-23-37-51)61-48(43-54(58)59)42-49(62-64(56(4,5)6,52-38-24-12-25-39-52)53-40-26-13-27-41-53)44-60-57(45-28-14-7-15-29-45,46-30-16-8-17-31-46)47-32-18-9-19-33-47/h7-41,48-49H,42-44H2,1-6H3,(H,58,59)/t48-,49+/m1/s1. The van der Waals surface area contributed by atoms with Crippen LogP contribution in [0.25, 0.3) is 0 Å². The average Bonchev–Trinajstić information content (AvgIpc) is 3.31. The van der Waals surface area contributed by atoms with Crippen molar-refractivity contribution in [3.05, 3.63) is 229 Å². The summed E-state index contributed by atoms with van der Waals surface area (Å²) in [5.74, 6) is -0.930. The van der Waals surface area contributed by atoms with Crippen LogP contribution in [0.15, 0.2) is 212 Å². The van der Waals surface area contributed by atoms with Gasteiger partial charge in [0, 0.05) is 6.42 Å². The lowest BCUT2D eigenvalue weighted by atomic mass is 9.80. The molecule has 0 heterocycles. The molecule has 0 unspecified atom stereocenters. The molecule has 0 spiro atoms. The topological polar surface area (TPSA) is 65.0 Å². The number of rotatable bonds is 18. The second kappa shape index (κ2) is 20.0. The summed E-state index contributed by atoms with van der Waals surface area (Å²) < 4.78 is 23.5. The lowest BCUT2D eigenvalue weighted by molar-refractivity contribution is -0.139. The van der Waals surface area contributed by atoms with Crippen LogP contribution in [0.1, 0.15) is 71.1 Å². The normalized spacial score (nSPS) is 13.5. The molecule has 0 aliphatic carbocycles. The van der Waals surface area contributed by atoms with Crippen molar-refractivity contribution in [3.8, 4) is 0 Å². The van der Waals surface area contributed by atoms with Gasteiger partial charge in [-0.1, -0.05) is 254 Å². The predicted octanol–water partition coefficient (Wildman–Crippen LogP) is 10.8. The number of benzene rings is 7. The Kier molecular flexibility index (Phi) is 14.5. The van der Waals surface area contributed by atoms with Gasteiger partial charge in [0.25, 0.3) is 16.6 Å². The van der Waals surface area contributed by atoms with E-state index in [0.29, 0.717) is 0 Å². The van der Waals surface area contributed by atoms with Crippen LogP contribution in [0.4, 0.5) is 0 Å². The van der Waals surface area contributed by atoms with Crippen LogP contribution in [0.2, 0.25) is 10.1 Å². The molecular weight excluding hydrogens is 821 g/mol. The number of aliphatic carboxylic acids is 1. The minimum atomic E-state index is -3.25. The van der Waals surface area contributed by atoms with E-state index in [0.717, 1.165) is 37.4 Å². The van der Waals surface area contributed by atoms with Gasteiger partial charge in [0.2, 0.25) is 0 Å². The van der Waals surface area contributed by atoms with Crippen molar-refractivity contribution < 1.29 is 23.5 Å². The van der Waals surface area contributed by atoms with Crippen LogP contribution < -0.4 is 20.7 Å². The third-order valence-electron chi connectivity index (χ3n) is 12.5. The molecule has 0 saturated carbocycles. The lowest BCUT2D eigenvalue weighted by Gasteiger charge is -2.48. The average molecular weight is 883 g/mol. The zero-order chi connectivity index (χ0) is 45.3. The van der Waals surface area contributed by atoms with Gasteiger partial charge < -0.3 is 18.7 Å². The highest BCUT2D eigenvalue weighted by Gasteiger charge is 2.54. The van der Waals surface area contributed by atoms with Crippen LogP contribution in [0.5, 0.6) is 0 Å². The zero-order valence-electron chi connectivity index (χ0n) is 38.1. The van der Waals surface area contributed by atoms with Crippen molar-refractivity contribution in [2.24, 2.45) is 0 Å². The quantitative estimate of drug-likeness (QED) is 0.0687. The second-order valence-corrected chi connectivity index (χ2v) is 27.2. The zero-order valence-corrected chi connectivity index (χ0v) is 40.1. The van der Waals surface area contributed by atoms with E-state index in [1.165, 1.54) is 0 Å². The molecule has 1 N–H and O–H groups in total. The molecular formula is C57H62O5Si2. The number of carboxylic acids is 1. The molecule has 0 bridgehead atoms. The van der Waals surface area contributed by atoms with E-state index in [4.69, 9.17) is 13.6 Å². The number of ether oxygens (including phenoxy) is 1. The van der Waals surface area contributed by atoms with E-state index in [1.54, 1.807) is 0 Å². The molecule has 0 fully saturated rings. The summed E-state index contributed by atoms with van der Waals surface area (Å²) >= 11 is 0. The summed E-state index contributed by atoms with van der Waals surface area (Å²) in [4.78, 5) is 13.2. The molecule has 0 amide bonds. The van der Waals surface area contributed by atoms with Crippen molar-refractivity contribution in [1.82, 2.24) is 0 Å². The Bertz CT molecular complexity index is 2320. The minimum absolute atomic E-state index is 0.128. The van der Waals surface area contributed by atoms with Crippen LogP contribution in [-0.4, -0.2) is 46.5 Å². The fourth-order valence-electron chi connectivity index (χ4n) is 9.68. The summed E-state index contributed by atoms with van der Waals surface area (Å²) in [6, 6.07) is 73.2. The summed E-state index contributed by atoms with van der Waals surface area (Å²) in [7, 11) is -6.48. The number of carboxylic acid groups (broad SMARTS) is 1. The Morgan fingerprint density at radius 2 is 0.703 bits per heavy atom. The molecule has 0 radical (unpaired) electrons. The third-order valence-corrected chi connectivity index (χ3v) is 22.7. The van der Waals surface area contributed by atoms with Crippen molar-refractivity contribution in [1.29, 1.82) is 0 Å². The Hall–Kier alpha value is -5.68. The molecule has 0 saturated heterocycles. The highest BCUT2D eigenvalue weighted by atomic mass is 28.4. The summed E-state index contributed by atoms with van der Waals surface area (Å²) in [6.07, 6.45) is -1.35. The number of hydrogen-bond acceptors (Lipinski definition) is 4. The van der Waals surface area contributed by atoms with Crippen molar-refractivity contribution >= 4 is 43.4 Å². The van der Waals surface area contributed by atoms with Gasteiger partial charge in [0.1, 0.15) is 5.60 Å². The van der Waals surface area contributed by atoms with E-state index >= 15 is 0 Å². The summed E-state index contributed by atoms with van der Waals surface area (Å²) in [6.45, 7) is 13.6. The molecule has 2 atom stereocenters. The van der Waals surface area contributed by atoms with E-state index < -0.39 is 40.4 Å². The van der Waals surface area contributed by atoms with E-state index in [9.17, 15) is 9.90 Å². The van der Waals surface area contributed by atoms with Crippen LogP contribution in [0, 0.1) is 0 Å². The Morgan fingerprint density at radius 3 is 0.969 bits per heavy atom. The van der Waals surface area contributed by atoms with Crippen LogP contribution in [0.3, 0.4) is 0 Å². The molecule has 7 aromatic rings. The summed E-state index contributed by atoms with van der Waals surface area (Å²) in [5, 5.41) is 14.5. The third kappa shape index (κ3) is 9.55. The Labute approximate surface area is 383 Å². The molecule has 7 heteroatoms. The maximum Gasteiger partial charge on any atom is 0.305 e. The van der Waals surface area contributed by atoms with Gasteiger partial charge in [0.15, 0.2) is 0 Å². The highest BCUT2D eigenvalue weighted by molar-refractivity contribution is 7.00. The molecule has 0 aliphatic rings. The molecule has 0 aromatic heterocycles. The minimum Gasteiger partial charge on any atom is -0.481 e. The maximum atomic E-state index is 13.2. The molecule has 7 aromatic carbocycles.